The first-order valence-electron chi connectivity index (χ1n) is 6.38. The van der Waals surface area contributed by atoms with Crippen molar-refractivity contribution < 1.29 is 0 Å². The Bertz CT molecular complexity index is 367. The van der Waals surface area contributed by atoms with Crippen molar-refractivity contribution >= 4 is 0 Å². The minimum Gasteiger partial charge on any atom is -0.316 e. The molecule has 3 rings (SSSR count). The molecular formula is C12H20N4. The molecule has 1 aliphatic carbocycles. The topological polar surface area (TPSA) is 53.6 Å². The molecular weight excluding hydrogens is 200 g/mol. The SMILES string of the molecule is CC(C)c1n[nH]c([C@@H]2CNC[C@H]2C2CC2)n1. The minimum absolute atomic E-state index is 0.415. The van der Waals surface area contributed by atoms with E-state index in [9.17, 15) is 0 Å². The van der Waals surface area contributed by atoms with Gasteiger partial charge in [0.2, 0.25) is 0 Å². The van der Waals surface area contributed by atoms with Gasteiger partial charge >= 0.3 is 0 Å². The smallest absolute Gasteiger partial charge is 0.153 e. The molecule has 0 spiro atoms. The predicted molar refractivity (Wildman–Crippen MR) is 62.3 cm³/mol. The second kappa shape index (κ2) is 3.84. The summed E-state index contributed by atoms with van der Waals surface area (Å²) in [6.07, 6.45) is 2.82. The van der Waals surface area contributed by atoms with Crippen LogP contribution in [0.25, 0.3) is 0 Å². The first-order valence-corrected chi connectivity index (χ1v) is 6.38. The number of aromatic nitrogens is 3. The second-order valence-electron chi connectivity index (χ2n) is 5.50. The Kier molecular flexibility index (Phi) is 2.46. The van der Waals surface area contributed by atoms with E-state index in [4.69, 9.17) is 0 Å². The standard InChI is InChI=1S/C12H20N4/c1-7(2)11-14-12(16-15-11)10-6-13-5-9(10)8-3-4-8/h7-10,13H,3-6H2,1-2H3,(H,14,15,16)/t9-,10+/m0/s1. The van der Waals surface area contributed by atoms with E-state index in [2.05, 4.69) is 34.3 Å². The third-order valence-electron chi connectivity index (χ3n) is 3.88. The number of nitrogens with one attached hydrogen (secondary N) is 2. The quantitative estimate of drug-likeness (QED) is 0.814. The molecule has 0 aromatic carbocycles. The maximum atomic E-state index is 4.65. The lowest BCUT2D eigenvalue weighted by Crippen LogP contribution is -2.14. The Morgan fingerprint density at radius 3 is 2.69 bits per heavy atom. The molecule has 4 heteroatoms. The first-order chi connectivity index (χ1) is 7.75. The van der Waals surface area contributed by atoms with Gasteiger partial charge in [0.1, 0.15) is 5.82 Å². The molecule has 2 N–H and O–H groups in total. The van der Waals surface area contributed by atoms with Crippen molar-refractivity contribution in [1.82, 2.24) is 20.5 Å². The Labute approximate surface area is 96.2 Å². The number of rotatable bonds is 3. The van der Waals surface area contributed by atoms with E-state index >= 15 is 0 Å². The lowest BCUT2D eigenvalue weighted by molar-refractivity contribution is 0.443. The van der Waals surface area contributed by atoms with E-state index in [-0.39, 0.29) is 0 Å². The number of nitrogens with zero attached hydrogens (tertiary/aromatic N) is 2. The molecule has 1 aromatic heterocycles. The zero-order valence-electron chi connectivity index (χ0n) is 10.0. The highest BCUT2D eigenvalue weighted by molar-refractivity contribution is 5.08. The Balaban J connectivity index is 1.79. The fraction of sp³-hybridized carbons (Fsp3) is 0.833. The minimum atomic E-state index is 0.415. The second-order valence-corrected chi connectivity index (χ2v) is 5.50. The van der Waals surface area contributed by atoms with Gasteiger partial charge in [-0.15, -0.1) is 0 Å². The molecule has 16 heavy (non-hydrogen) atoms. The highest BCUT2D eigenvalue weighted by Crippen LogP contribution is 2.44. The van der Waals surface area contributed by atoms with E-state index in [0.29, 0.717) is 11.8 Å². The molecule has 2 atom stereocenters. The van der Waals surface area contributed by atoms with Gasteiger partial charge in [-0.3, -0.25) is 5.10 Å². The molecule has 1 saturated carbocycles. The summed E-state index contributed by atoms with van der Waals surface area (Å²) in [5.41, 5.74) is 0. The van der Waals surface area contributed by atoms with Gasteiger partial charge in [-0.2, -0.15) is 5.10 Å². The molecule has 0 unspecified atom stereocenters. The third kappa shape index (κ3) is 1.75. The van der Waals surface area contributed by atoms with Crippen molar-refractivity contribution in [2.24, 2.45) is 11.8 Å². The summed E-state index contributed by atoms with van der Waals surface area (Å²) >= 11 is 0. The zero-order chi connectivity index (χ0) is 11.1. The van der Waals surface area contributed by atoms with Crippen LogP contribution in [0.2, 0.25) is 0 Å². The molecule has 0 amide bonds. The summed E-state index contributed by atoms with van der Waals surface area (Å²) < 4.78 is 0. The van der Waals surface area contributed by atoms with Gasteiger partial charge in [-0.05, 0) is 31.2 Å². The van der Waals surface area contributed by atoms with Crippen molar-refractivity contribution in [3.8, 4) is 0 Å². The van der Waals surface area contributed by atoms with E-state index in [1.807, 2.05) is 0 Å². The van der Waals surface area contributed by atoms with E-state index < -0.39 is 0 Å². The van der Waals surface area contributed by atoms with Crippen molar-refractivity contribution in [3.63, 3.8) is 0 Å². The van der Waals surface area contributed by atoms with E-state index in [0.717, 1.165) is 36.6 Å². The van der Waals surface area contributed by atoms with Gasteiger partial charge in [0.05, 0.1) is 0 Å². The number of hydrogen-bond donors (Lipinski definition) is 2. The zero-order valence-corrected chi connectivity index (χ0v) is 10.0. The largest absolute Gasteiger partial charge is 0.316 e. The Morgan fingerprint density at radius 1 is 1.25 bits per heavy atom. The van der Waals surface area contributed by atoms with Crippen LogP contribution in [-0.2, 0) is 0 Å². The van der Waals surface area contributed by atoms with Crippen LogP contribution in [0.4, 0.5) is 0 Å². The highest BCUT2D eigenvalue weighted by Gasteiger charge is 2.41. The van der Waals surface area contributed by atoms with Crippen LogP contribution in [-0.4, -0.2) is 28.3 Å². The molecule has 0 radical (unpaired) electrons. The van der Waals surface area contributed by atoms with Crippen LogP contribution < -0.4 is 5.32 Å². The Morgan fingerprint density at radius 2 is 2.06 bits per heavy atom. The average molecular weight is 220 g/mol. The van der Waals surface area contributed by atoms with E-state index in [1.165, 1.54) is 12.8 Å². The summed E-state index contributed by atoms with van der Waals surface area (Å²) in [4.78, 5) is 4.65. The van der Waals surface area contributed by atoms with E-state index in [1.54, 1.807) is 0 Å². The molecule has 2 heterocycles. The number of aromatic amines is 1. The summed E-state index contributed by atoms with van der Waals surface area (Å²) in [5.74, 6) is 4.76. The van der Waals surface area contributed by atoms with Crippen LogP contribution in [0.1, 0.15) is 50.2 Å². The highest BCUT2D eigenvalue weighted by atomic mass is 15.2. The molecule has 88 valence electrons. The molecule has 1 saturated heterocycles. The number of hydrogen-bond acceptors (Lipinski definition) is 3. The van der Waals surface area contributed by atoms with Gasteiger partial charge < -0.3 is 5.32 Å². The first kappa shape index (κ1) is 10.3. The molecule has 0 bridgehead atoms. The summed E-state index contributed by atoms with van der Waals surface area (Å²) in [7, 11) is 0. The maximum Gasteiger partial charge on any atom is 0.153 e. The normalized spacial score (nSPS) is 30.2. The monoisotopic (exact) mass is 220 g/mol. The molecule has 1 aromatic rings. The number of H-pyrrole nitrogens is 1. The van der Waals surface area contributed by atoms with Crippen LogP contribution >= 0.6 is 0 Å². The van der Waals surface area contributed by atoms with Crippen LogP contribution in [0, 0.1) is 11.8 Å². The van der Waals surface area contributed by atoms with Gasteiger partial charge in [0, 0.05) is 18.4 Å². The van der Waals surface area contributed by atoms with Crippen LogP contribution in [0.15, 0.2) is 0 Å². The molecule has 2 fully saturated rings. The van der Waals surface area contributed by atoms with Crippen LogP contribution in [0.5, 0.6) is 0 Å². The fourth-order valence-corrected chi connectivity index (χ4v) is 2.73. The van der Waals surface area contributed by atoms with Crippen molar-refractivity contribution in [3.05, 3.63) is 11.6 Å². The third-order valence-corrected chi connectivity index (χ3v) is 3.88. The predicted octanol–water partition coefficient (Wildman–Crippen LogP) is 1.64. The average Bonchev–Trinajstić information content (AvgIpc) is 2.83. The summed E-state index contributed by atoms with van der Waals surface area (Å²) in [6.45, 7) is 6.50. The summed E-state index contributed by atoms with van der Waals surface area (Å²) in [6, 6.07) is 0. The van der Waals surface area contributed by atoms with Crippen LogP contribution in [0.3, 0.4) is 0 Å². The van der Waals surface area contributed by atoms with Crippen molar-refractivity contribution in [2.75, 3.05) is 13.1 Å². The molecule has 2 aliphatic rings. The van der Waals surface area contributed by atoms with Gasteiger partial charge in [-0.25, -0.2) is 4.98 Å². The lowest BCUT2D eigenvalue weighted by Gasteiger charge is -2.14. The van der Waals surface area contributed by atoms with Crippen molar-refractivity contribution in [2.45, 2.75) is 38.5 Å². The lowest BCUT2D eigenvalue weighted by atomic mass is 9.91. The fourth-order valence-electron chi connectivity index (χ4n) is 2.73. The maximum absolute atomic E-state index is 4.65. The van der Waals surface area contributed by atoms with Crippen molar-refractivity contribution in [1.29, 1.82) is 0 Å². The van der Waals surface area contributed by atoms with Gasteiger partial charge in [-0.1, -0.05) is 13.8 Å². The molecule has 4 nitrogen and oxygen atoms in total. The summed E-state index contributed by atoms with van der Waals surface area (Å²) in [5, 5.41) is 10.9. The van der Waals surface area contributed by atoms with Gasteiger partial charge in [0.15, 0.2) is 5.82 Å². The van der Waals surface area contributed by atoms with Gasteiger partial charge in [0.25, 0.3) is 0 Å². The molecule has 1 aliphatic heterocycles. The Hall–Kier alpha value is -0.900.